The molecular weight excluding hydrogens is 254 g/mol. The maximum absolute atomic E-state index is 10.9. The summed E-state index contributed by atoms with van der Waals surface area (Å²) in [5.41, 5.74) is 11.7. The summed E-state index contributed by atoms with van der Waals surface area (Å²) in [5.74, 6) is 1.01. The lowest BCUT2D eigenvalue weighted by Gasteiger charge is -2.31. The highest BCUT2D eigenvalue weighted by Gasteiger charge is 2.20. The van der Waals surface area contributed by atoms with E-state index in [1.807, 2.05) is 24.3 Å². The lowest BCUT2D eigenvalue weighted by molar-refractivity contribution is -0.119. The fourth-order valence-electron chi connectivity index (χ4n) is 2.60. The second kappa shape index (κ2) is 7.14. The van der Waals surface area contributed by atoms with Gasteiger partial charge in [-0.25, -0.2) is 0 Å². The quantitative estimate of drug-likeness (QED) is 0.766. The number of amides is 1. The van der Waals surface area contributed by atoms with E-state index >= 15 is 0 Å². The number of rotatable bonds is 6. The van der Waals surface area contributed by atoms with Gasteiger partial charge < -0.3 is 16.2 Å². The first-order valence-electron chi connectivity index (χ1n) is 7.13. The van der Waals surface area contributed by atoms with E-state index in [9.17, 15) is 4.79 Å². The number of benzene rings is 1. The van der Waals surface area contributed by atoms with Gasteiger partial charge in [0, 0.05) is 13.0 Å². The number of ether oxygens (including phenoxy) is 1. The van der Waals surface area contributed by atoms with E-state index < -0.39 is 0 Å². The molecular formula is C15H23N3O2. The van der Waals surface area contributed by atoms with Gasteiger partial charge in [-0.3, -0.25) is 9.69 Å². The third-order valence-corrected chi connectivity index (χ3v) is 3.78. The normalized spacial score (nSPS) is 17.0. The Labute approximate surface area is 119 Å². The van der Waals surface area contributed by atoms with E-state index in [1.54, 1.807) is 0 Å². The van der Waals surface area contributed by atoms with Gasteiger partial charge in [0.15, 0.2) is 0 Å². The van der Waals surface area contributed by atoms with Gasteiger partial charge in [0.25, 0.3) is 0 Å². The molecule has 0 aliphatic carbocycles. The van der Waals surface area contributed by atoms with Gasteiger partial charge in [0.1, 0.15) is 12.4 Å². The summed E-state index contributed by atoms with van der Waals surface area (Å²) in [6.45, 7) is 3.53. The van der Waals surface area contributed by atoms with Crippen LogP contribution in [0.1, 0.15) is 19.3 Å². The Morgan fingerprint density at radius 1 is 1.30 bits per heavy atom. The van der Waals surface area contributed by atoms with Crippen molar-refractivity contribution in [2.75, 3.05) is 32.0 Å². The summed E-state index contributed by atoms with van der Waals surface area (Å²) in [4.78, 5) is 13.2. The Bertz CT molecular complexity index is 442. The molecule has 1 aliphatic heterocycles. The van der Waals surface area contributed by atoms with E-state index in [-0.39, 0.29) is 5.91 Å². The summed E-state index contributed by atoms with van der Waals surface area (Å²) >= 11 is 0. The number of primary amides is 1. The van der Waals surface area contributed by atoms with Crippen LogP contribution < -0.4 is 16.2 Å². The Hall–Kier alpha value is -1.75. The van der Waals surface area contributed by atoms with Crippen molar-refractivity contribution in [1.82, 2.24) is 4.90 Å². The number of piperidine rings is 1. The Kier molecular flexibility index (Phi) is 5.24. The second-order valence-electron chi connectivity index (χ2n) is 5.34. The Morgan fingerprint density at radius 3 is 2.65 bits per heavy atom. The summed E-state index contributed by atoms with van der Waals surface area (Å²) in [6.07, 6.45) is 2.59. The monoisotopic (exact) mass is 277 g/mol. The second-order valence-corrected chi connectivity index (χ2v) is 5.34. The lowest BCUT2D eigenvalue weighted by Crippen LogP contribution is -2.37. The van der Waals surface area contributed by atoms with Crippen LogP contribution in [0, 0.1) is 5.92 Å². The van der Waals surface area contributed by atoms with Crippen LogP contribution in [0.2, 0.25) is 0 Å². The molecule has 20 heavy (non-hydrogen) atoms. The van der Waals surface area contributed by atoms with Crippen molar-refractivity contribution < 1.29 is 9.53 Å². The fourth-order valence-corrected chi connectivity index (χ4v) is 2.60. The highest BCUT2D eigenvalue weighted by molar-refractivity contribution is 5.73. The maximum atomic E-state index is 10.9. The molecule has 1 fully saturated rings. The molecule has 1 aromatic rings. The largest absolute Gasteiger partial charge is 0.490 e. The molecule has 0 radical (unpaired) electrons. The van der Waals surface area contributed by atoms with Crippen LogP contribution in [0.5, 0.6) is 5.75 Å². The van der Waals surface area contributed by atoms with Gasteiger partial charge >= 0.3 is 0 Å². The third kappa shape index (κ3) is 4.42. The maximum Gasteiger partial charge on any atom is 0.217 e. The van der Waals surface area contributed by atoms with E-state index in [2.05, 4.69) is 4.90 Å². The minimum atomic E-state index is -0.189. The van der Waals surface area contributed by atoms with Crippen LogP contribution in [0.4, 0.5) is 5.69 Å². The number of likely N-dealkylation sites (tertiary alicyclic amines) is 1. The average Bonchev–Trinajstić information content (AvgIpc) is 2.42. The van der Waals surface area contributed by atoms with Crippen LogP contribution in [0.25, 0.3) is 0 Å². The van der Waals surface area contributed by atoms with Crippen molar-refractivity contribution in [3.63, 3.8) is 0 Å². The minimum absolute atomic E-state index is 0.189. The highest BCUT2D eigenvalue weighted by atomic mass is 16.5. The zero-order valence-electron chi connectivity index (χ0n) is 11.8. The van der Waals surface area contributed by atoms with Crippen molar-refractivity contribution in [3.05, 3.63) is 24.3 Å². The predicted molar refractivity (Wildman–Crippen MR) is 79.3 cm³/mol. The third-order valence-electron chi connectivity index (χ3n) is 3.78. The minimum Gasteiger partial charge on any atom is -0.490 e. The Morgan fingerprint density at radius 2 is 2.00 bits per heavy atom. The van der Waals surface area contributed by atoms with Crippen LogP contribution in [0.15, 0.2) is 24.3 Å². The number of para-hydroxylation sites is 2. The van der Waals surface area contributed by atoms with Gasteiger partial charge in [-0.2, -0.15) is 0 Å². The van der Waals surface area contributed by atoms with Gasteiger partial charge in [0.2, 0.25) is 5.91 Å². The molecule has 0 aromatic heterocycles. The molecule has 1 saturated heterocycles. The number of carbonyl (C=O) groups is 1. The molecule has 1 heterocycles. The summed E-state index contributed by atoms with van der Waals surface area (Å²) in [5, 5.41) is 0. The number of nitrogen functional groups attached to an aromatic ring is 1. The Balaban J connectivity index is 1.66. The van der Waals surface area contributed by atoms with Gasteiger partial charge in [-0.1, -0.05) is 12.1 Å². The number of anilines is 1. The number of nitrogens with zero attached hydrogens (tertiary/aromatic N) is 1. The van der Waals surface area contributed by atoms with Crippen molar-refractivity contribution >= 4 is 11.6 Å². The first-order chi connectivity index (χ1) is 9.65. The topological polar surface area (TPSA) is 81.6 Å². The van der Waals surface area contributed by atoms with Crippen LogP contribution in [-0.2, 0) is 4.79 Å². The standard InChI is InChI=1S/C15H23N3O2/c16-13-3-1-2-4-14(13)20-10-9-18-7-5-12(6-8-18)11-15(17)19/h1-4,12H,5-11,16H2,(H2,17,19). The summed E-state index contributed by atoms with van der Waals surface area (Å²) < 4.78 is 5.69. The van der Waals surface area contributed by atoms with E-state index in [0.717, 1.165) is 38.2 Å². The molecule has 1 aliphatic rings. The van der Waals surface area contributed by atoms with Crippen LogP contribution >= 0.6 is 0 Å². The van der Waals surface area contributed by atoms with Gasteiger partial charge in [0.05, 0.1) is 5.69 Å². The van der Waals surface area contributed by atoms with Crippen molar-refractivity contribution in [2.45, 2.75) is 19.3 Å². The number of hydrogen-bond acceptors (Lipinski definition) is 4. The van der Waals surface area contributed by atoms with Crippen molar-refractivity contribution in [3.8, 4) is 5.75 Å². The molecule has 1 amide bonds. The smallest absolute Gasteiger partial charge is 0.217 e. The molecule has 1 aromatic carbocycles. The summed E-state index contributed by atoms with van der Waals surface area (Å²) in [7, 11) is 0. The molecule has 110 valence electrons. The average molecular weight is 277 g/mol. The van der Waals surface area contributed by atoms with Crippen molar-refractivity contribution in [2.24, 2.45) is 11.7 Å². The molecule has 2 rings (SSSR count). The molecule has 0 bridgehead atoms. The first-order valence-corrected chi connectivity index (χ1v) is 7.13. The zero-order chi connectivity index (χ0) is 14.4. The molecule has 0 atom stereocenters. The number of hydrogen-bond donors (Lipinski definition) is 2. The summed E-state index contributed by atoms with van der Waals surface area (Å²) in [6, 6.07) is 7.53. The molecule has 0 unspecified atom stereocenters. The van der Waals surface area contributed by atoms with Crippen LogP contribution in [0.3, 0.4) is 0 Å². The zero-order valence-corrected chi connectivity index (χ0v) is 11.8. The first kappa shape index (κ1) is 14.7. The molecule has 5 nitrogen and oxygen atoms in total. The fraction of sp³-hybridized carbons (Fsp3) is 0.533. The van der Waals surface area contributed by atoms with E-state index in [4.69, 9.17) is 16.2 Å². The van der Waals surface area contributed by atoms with E-state index in [1.165, 1.54) is 0 Å². The lowest BCUT2D eigenvalue weighted by atomic mass is 9.93. The van der Waals surface area contributed by atoms with Crippen molar-refractivity contribution in [1.29, 1.82) is 0 Å². The molecule has 0 spiro atoms. The SMILES string of the molecule is NC(=O)CC1CCN(CCOc2ccccc2N)CC1. The van der Waals surface area contributed by atoms with Gasteiger partial charge in [-0.05, 0) is 44.0 Å². The molecule has 0 saturated carbocycles. The number of carbonyl (C=O) groups excluding carboxylic acids is 1. The van der Waals surface area contributed by atoms with E-state index in [0.29, 0.717) is 24.6 Å². The molecule has 4 N–H and O–H groups in total. The van der Waals surface area contributed by atoms with Gasteiger partial charge in [-0.15, -0.1) is 0 Å². The molecule has 5 heteroatoms. The van der Waals surface area contributed by atoms with Crippen LogP contribution in [-0.4, -0.2) is 37.0 Å². The predicted octanol–water partition coefficient (Wildman–Crippen LogP) is 1.23. The highest BCUT2D eigenvalue weighted by Crippen LogP contribution is 2.21. The number of nitrogens with two attached hydrogens (primary N) is 2.